The summed E-state index contributed by atoms with van der Waals surface area (Å²) < 4.78 is 0. The minimum Gasteiger partial charge on any atom is -0.383 e. The number of carbonyl (C=O) groups is 1. The Morgan fingerprint density at radius 3 is 2.30 bits per heavy atom. The maximum atomic E-state index is 12.2. The Morgan fingerprint density at radius 2 is 1.60 bits per heavy atom. The Morgan fingerprint density at radius 1 is 0.950 bits per heavy atom. The van der Waals surface area contributed by atoms with Gasteiger partial charge < -0.3 is 10.6 Å². The largest absolute Gasteiger partial charge is 0.383 e. The van der Waals surface area contributed by atoms with Crippen LogP contribution in [0.4, 0.5) is 11.4 Å². The predicted octanol–water partition coefficient (Wildman–Crippen LogP) is 4.15. The molecule has 0 spiro atoms. The van der Waals surface area contributed by atoms with Gasteiger partial charge in [0.05, 0.1) is 11.4 Å². The van der Waals surface area contributed by atoms with Crippen LogP contribution >= 0.6 is 0 Å². The lowest BCUT2D eigenvalue weighted by atomic mass is 10.2. The van der Waals surface area contributed by atoms with Gasteiger partial charge >= 0.3 is 0 Å². The van der Waals surface area contributed by atoms with Gasteiger partial charge in [-0.15, -0.1) is 0 Å². The molecule has 0 fully saturated rings. The van der Waals surface area contributed by atoms with Gasteiger partial charge in [0.2, 0.25) is 0 Å². The van der Waals surface area contributed by atoms with Crippen molar-refractivity contribution in [3.8, 4) is 0 Å². The third-order valence-corrected chi connectivity index (χ3v) is 3.06. The van der Waals surface area contributed by atoms with E-state index in [-0.39, 0.29) is 5.91 Å². The highest BCUT2D eigenvalue weighted by Crippen LogP contribution is 2.21. The van der Waals surface area contributed by atoms with Crippen molar-refractivity contribution in [1.29, 1.82) is 0 Å². The van der Waals surface area contributed by atoms with E-state index in [1.54, 1.807) is 0 Å². The Hall–Kier alpha value is -2.29. The lowest BCUT2D eigenvalue weighted by Crippen LogP contribution is -2.13. The number of amides is 1. The van der Waals surface area contributed by atoms with E-state index in [1.165, 1.54) is 0 Å². The van der Waals surface area contributed by atoms with Crippen LogP contribution in [0.1, 0.15) is 30.1 Å². The molecule has 0 saturated carbocycles. The van der Waals surface area contributed by atoms with Crippen molar-refractivity contribution < 1.29 is 4.79 Å². The summed E-state index contributed by atoms with van der Waals surface area (Å²) in [5, 5.41) is 6.31. The van der Waals surface area contributed by atoms with E-state index in [9.17, 15) is 4.79 Å². The summed E-state index contributed by atoms with van der Waals surface area (Å²) in [6.45, 7) is 3.07. The number of nitrogens with one attached hydrogen (secondary N) is 2. The minimum absolute atomic E-state index is 0.0876. The summed E-state index contributed by atoms with van der Waals surface area (Å²) in [5.41, 5.74) is 2.44. The first-order valence-electron chi connectivity index (χ1n) is 7.00. The normalized spacial score (nSPS) is 10.1. The smallest absolute Gasteiger partial charge is 0.255 e. The van der Waals surface area contributed by atoms with Crippen molar-refractivity contribution in [2.45, 2.75) is 19.8 Å². The van der Waals surface area contributed by atoms with Crippen molar-refractivity contribution in [2.24, 2.45) is 0 Å². The molecule has 0 saturated heterocycles. The average molecular weight is 268 g/mol. The van der Waals surface area contributed by atoms with Crippen LogP contribution in [0.5, 0.6) is 0 Å². The highest BCUT2D eigenvalue weighted by Gasteiger charge is 2.07. The first-order chi connectivity index (χ1) is 9.81. The molecule has 2 N–H and O–H groups in total. The number of hydrogen-bond donors (Lipinski definition) is 2. The quantitative estimate of drug-likeness (QED) is 0.773. The Bertz CT molecular complexity index is 552. The molecule has 0 heterocycles. The van der Waals surface area contributed by atoms with Crippen molar-refractivity contribution in [3.05, 3.63) is 60.2 Å². The van der Waals surface area contributed by atoms with Gasteiger partial charge in [-0.1, -0.05) is 43.7 Å². The topological polar surface area (TPSA) is 41.1 Å². The molecule has 3 heteroatoms. The maximum absolute atomic E-state index is 12.2. The van der Waals surface area contributed by atoms with Gasteiger partial charge in [0, 0.05) is 12.1 Å². The third-order valence-electron chi connectivity index (χ3n) is 3.06. The molecule has 2 aromatic carbocycles. The molecule has 0 aliphatic heterocycles. The van der Waals surface area contributed by atoms with Crippen LogP contribution in [-0.4, -0.2) is 12.5 Å². The zero-order chi connectivity index (χ0) is 14.2. The van der Waals surface area contributed by atoms with Crippen LogP contribution in [0.15, 0.2) is 54.6 Å². The highest BCUT2D eigenvalue weighted by molar-refractivity contribution is 6.05. The third kappa shape index (κ3) is 3.85. The number of anilines is 2. The van der Waals surface area contributed by atoms with Gasteiger partial charge in [0.1, 0.15) is 0 Å². The van der Waals surface area contributed by atoms with E-state index >= 15 is 0 Å². The van der Waals surface area contributed by atoms with E-state index < -0.39 is 0 Å². The number of carbonyl (C=O) groups excluding carboxylic acids is 1. The summed E-state index contributed by atoms with van der Waals surface area (Å²) in [4.78, 5) is 12.2. The fourth-order valence-electron chi connectivity index (χ4n) is 1.93. The van der Waals surface area contributed by atoms with Crippen LogP contribution in [0.3, 0.4) is 0 Å². The number of unbranched alkanes of at least 4 members (excludes halogenated alkanes) is 1. The van der Waals surface area contributed by atoms with Crippen molar-refractivity contribution in [3.63, 3.8) is 0 Å². The fraction of sp³-hybridized carbons (Fsp3) is 0.235. The Balaban J connectivity index is 2.07. The number of benzene rings is 2. The first kappa shape index (κ1) is 14.1. The van der Waals surface area contributed by atoms with E-state index in [0.717, 1.165) is 30.8 Å². The van der Waals surface area contributed by atoms with Gasteiger partial charge in [0.15, 0.2) is 0 Å². The van der Waals surface area contributed by atoms with E-state index in [2.05, 4.69) is 17.6 Å². The molecule has 0 unspecified atom stereocenters. The van der Waals surface area contributed by atoms with Crippen LogP contribution < -0.4 is 10.6 Å². The summed E-state index contributed by atoms with van der Waals surface area (Å²) in [5.74, 6) is -0.0876. The van der Waals surface area contributed by atoms with Crippen LogP contribution in [0.25, 0.3) is 0 Å². The molecule has 0 radical (unpaired) electrons. The van der Waals surface area contributed by atoms with Gasteiger partial charge in [-0.3, -0.25) is 4.79 Å². The minimum atomic E-state index is -0.0876. The summed E-state index contributed by atoms with van der Waals surface area (Å²) >= 11 is 0. The molecule has 0 aromatic heterocycles. The summed E-state index contributed by atoms with van der Waals surface area (Å²) in [7, 11) is 0. The molecular weight excluding hydrogens is 248 g/mol. The van der Waals surface area contributed by atoms with Crippen LogP contribution in [0, 0.1) is 0 Å². The lowest BCUT2D eigenvalue weighted by Gasteiger charge is -2.12. The molecule has 0 bridgehead atoms. The second kappa shape index (κ2) is 7.34. The van der Waals surface area contributed by atoms with Crippen molar-refractivity contribution in [1.82, 2.24) is 0 Å². The van der Waals surface area contributed by atoms with Crippen LogP contribution in [-0.2, 0) is 0 Å². The molecule has 104 valence electrons. The van der Waals surface area contributed by atoms with Gasteiger partial charge in [-0.2, -0.15) is 0 Å². The highest BCUT2D eigenvalue weighted by atomic mass is 16.1. The number of hydrogen-bond acceptors (Lipinski definition) is 2. The molecule has 20 heavy (non-hydrogen) atoms. The predicted molar refractivity (Wildman–Crippen MR) is 84.2 cm³/mol. The monoisotopic (exact) mass is 268 g/mol. The standard InChI is InChI=1S/C17H20N2O/c1-2-3-13-18-15-11-7-8-12-16(15)19-17(20)14-9-5-4-6-10-14/h4-12,18H,2-3,13H2,1H3,(H,19,20). The number of rotatable bonds is 6. The summed E-state index contributed by atoms with van der Waals surface area (Å²) in [6.07, 6.45) is 2.26. The molecule has 2 aromatic rings. The Kier molecular flexibility index (Phi) is 5.18. The zero-order valence-corrected chi connectivity index (χ0v) is 11.7. The molecule has 0 aliphatic carbocycles. The van der Waals surface area contributed by atoms with Gasteiger partial charge in [0.25, 0.3) is 5.91 Å². The fourth-order valence-corrected chi connectivity index (χ4v) is 1.93. The molecule has 1 amide bonds. The van der Waals surface area contributed by atoms with E-state index in [4.69, 9.17) is 0 Å². The molecular formula is C17H20N2O. The van der Waals surface area contributed by atoms with E-state index in [0.29, 0.717) is 5.56 Å². The van der Waals surface area contributed by atoms with Crippen LogP contribution in [0.2, 0.25) is 0 Å². The van der Waals surface area contributed by atoms with E-state index in [1.807, 2.05) is 54.6 Å². The Labute approximate surface area is 120 Å². The second-order valence-corrected chi connectivity index (χ2v) is 4.65. The SMILES string of the molecule is CCCCNc1ccccc1NC(=O)c1ccccc1. The molecule has 0 atom stereocenters. The summed E-state index contributed by atoms with van der Waals surface area (Å²) in [6, 6.07) is 17.0. The van der Waals surface area contributed by atoms with Crippen molar-refractivity contribution in [2.75, 3.05) is 17.2 Å². The first-order valence-corrected chi connectivity index (χ1v) is 7.00. The van der Waals surface area contributed by atoms with Gasteiger partial charge in [-0.05, 0) is 30.7 Å². The number of para-hydroxylation sites is 2. The maximum Gasteiger partial charge on any atom is 0.255 e. The molecule has 3 nitrogen and oxygen atoms in total. The molecule has 0 aliphatic rings. The average Bonchev–Trinajstić information content (AvgIpc) is 2.50. The van der Waals surface area contributed by atoms with Crippen molar-refractivity contribution >= 4 is 17.3 Å². The second-order valence-electron chi connectivity index (χ2n) is 4.65. The molecule has 2 rings (SSSR count). The zero-order valence-electron chi connectivity index (χ0n) is 11.7. The lowest BCUT2D eigenvalue weighted by molar-refractivity contribution is 0.102. The van der Waals surface area contributed by atoms with Gasteiger partial charge in [-0.25, -0.2) is 0 Å².